The summed E-state index contributed by atoms with van der Waals surface area (Å²) in [5, 5.41) is 0. The molecule has 0 aliphatic heterocycles. The third-order valence-corrected chi connectivity index (χ3v) is 34.1. The zero-order chi connectivity index (χ0) is 93.1. The highest BCUT2D eigenvalue weighted by Crippen LogP contribution is 2.50. The Labute approximate surface area is 802 Å². The van der Waals surface area contributed by atoms with Crippen LogP contribution in [0.1, 0.15) is 642 Å². The van der Waals surface area contributed by atoms with Gasteiger partial charge in [0, 0.05) is 0 Å². The summed E-state index contributed by atoms with van der Waals surface area (Å²) in [5.41, 5.74) is 0. The SMILES string of the molecule is CC(C)C1CCCC1.CC(C)C1CCCCC1.CC(C)CC1CCC(C)CC1.CC(C)CC1CCC1.CC(C)CC1CCCC1.CC(C)CC1CCCCC1.CC(C)CC1CCCCCC1.CC(C)CCC1CC2CCC1C2.CC(C)CCC1CCC(C)CC1.CC(C)CCC1CCCCC1.CC(C)CCCC1CCCCC1.CC(C)CCCCC1CCCCC1. The van der Waals surface area contributed by atoms with Gasteiger partial charge < -0.3 is 0 Å². The van der Waals surface area contributed by atoms with Crippen LogP contribution in [0.5, 0.6) is 0 Å². The van der Waals surface area contributed by atoms with Crippen molar-refractivity contribution >= 4 is 0 Å². The topological polar surface area (TPSA) is 0 Å². The third-order valence-electron chi connectivity index (χ3n) is 34.1. The van der Waals surface area contributed by atoms with Gasteiger partial charge in [-0.1, -0.05) is 585 Å². The van der Waals surface area contributed by atoms with Crippen LogP contribution in [0.4, 0.5) is 0 Å². The van der Waals surface area contributed by atoms with Gasteiger partial charge in [0.2, 0.25) is 0 Å². The largest absolute Gasteiger partial charge is 0.0628 e. The minimum Gasteiger partial charge on any atom is -0.0628 e. The van der Waals surface area contributed by atoms with Gasteiger partial charge in [0.05, 0.1) is 0 Å². The molecule has 0 N–H and O–H groups in total. The van der Waals surface area contributed by atoms with Gasteiger partial charge in [0.1, 0.15) is 0 Å². The standard InChI is InChI=1S/C13H26.C12H22.2C12H24.3C11H22.C10H20.2C9H18.2C8H16/c1-12(2)8-6-7-11-13-9-4-3-5-10-13;1-9(2)3-5-11-7-10-4-6-12(11)8-10;1-10(2)4-7-12-8-5-11(3)6-9-12;1-11(2)7-6-10-12-8-4-3-5-9-12;1-9(2)8-11-6-4-10(3)5-7-11;1-10(2)8-9-11-6-4-3-5-7-11;1-10(2)9-11-7-5-3-4-6-8-11;1-9(2)8-10-6-4-3-5-7-10;1-8(2)7-9-5-3-4-6-9;1-8(2)9-6-4-3-5-7-9;1-7(2)6-8-4-3-5-8;1-7(2)8-5-3-4-6-8/h12-13H,3-11H2,1-2H3;9-12H,3-8H2,1-2H3;10-12H,4-9H2,1-3H3;11-12H,3-10H2,1-2H3;9-11H,4-8H2,1-3H3;2*10-11H,3-9H2,1-2H3;9-10H,3-8H2,1-2H3;2*8-9H,3-7H2,1-2H3;2*7-8H,3-6H2,1-2H3. The van der Waals surface area contributed by atoms with Crippen molar-refractivity contribution in [1.82, 2.24) is 0 Å². The molecule has 13 rings (SSSR count). The van der Waals surface area contributed by atoms with E-state index in [4.69, 9.17) is 0 Å². The number of fused-ring (bicyclic) bond motifs is 2. The van der Waals surface area contributed by atoms with Crippen LogP contribution in [-0.4, -0.2) is 0 Å². The highest BCUT2D eigenvalue weighted by Gasteiger charge is 2.39. The molecular weight excluding hydrogens is 1510 g/mol. The van der Waals surface area contributed by atoms with Gasteiger partial charge in [-0.25, -0.2) is 0 Å². The van der Waals surface area contributed by atoms with Gasteiger partial charge in [-0.3, -0.25) is 0 Å². The monoisotopic (exact) mass is 1760 g/mol. The quantitative estimate of drug-likeness (QED) is 0.0497. The maximum atomic E-state index is 2.40. The molecule has 13 aliphatic rings. The van der Waals surface area contributed by atoms with Crippen LogP contribution in [0.2, 0.25) is 0 Å². The minimum absolute atomic E-state index is 0.907. The summed E-state index contributed by atoms with van der Waals surface area (Å²) in [4.78, 5) is 0. The Hall–Kier alpha value is 0. The van der Waals surface area contributed by atoms with Gasteiger partial charge in [0.25, 0.3) is 0 Å². The maximum Gasteiger partial charge on any atom is -0.0383 e. The zero-order valence-electron chi connectivity index (χ0n) is 93.1. The van der Waals surface area contributed by atoms with Crippen LogP contribution in [0.15, 0.2) is 0 Å². The van der Waals surface area contributed by atoms with E-state index < -0.39 is 0 Å². The molecule has 0 aromatic rings. The predicted molar refractivity (Wildman–Crippen MR) is 578 cm³/mol. The second-order valence-corrected chi connectivity index (χ2v) is 52.5. The molecule has 0 heterocycles. The van der Waals surface area contributed by atoms with Crippen LogP contribution in [0.25, 0.3) is 0 Å². The van der Waals surface area contributed by atoms with E-state index in [0.717, 1.165) is 166 Å². The van der Waals surface area contributed by atoms with Gasteiger partial charge in [-0.2, -0.15) is 0 Å². The Morgan fingerprint density at radius 2 is 0.413 bits per heavy atom. The zero-order valence-corrected chi connectivity index (χ0v) is 93.1. The normalized spacial score (nSPS) is 25.0. The van der Waals surface area contributed by atoms with Crippen LogP contribution in [0.3, 0.4) is 0 Å². The van der Waals surface area contributed by atoms with E-state index in [1.807, 2.05) is 0 Å². The molecule has 13 fully saturated rings. The smallest absolute Gasteiger partial charge is 0.0383 e. The lowest BCUT2D eigenvalue weighted by atomic mass is 9.79. The van der Waals surface area contributed by atoms with E-state index in [0.29, 0.717) is 0 Å². The van der Waals surface area contributed by atoms with Gasteiger partial charge >= 0.3 is 0 Å². The molecule has 0 aromatic carbocycles. The second-order valence-electron chi connectivity index (χ2n) is 52.5. The summed E-state index contributed by atoms with van der Waals surface area (Å²) in [5.74, 6) is 28.4. The average Bonchev–Trinajstić information content (AvgIpc) is 1.68. The molecule has 0 radical (unpaired) electrons. The van der Waals surface area contributed by atoms with Crippen molar-refractivity contribution in [3.63, 3.8) is 0 Å². The van der Waals surface area contributed by atoms with Crippen LogP contribution in [-0.2, 0) is 0 Å². The molecule has 0 amide bonds. The molecule has 0 saturated heterocycles. The lowest BCUT2D eigenvalue weighted by Gasteiger charge is -2.27. The minimum atomic E-state index is 0.907. The van der Waals surface area contributed by atoms with Crippen LogP contribution >= 0.6 is 0 Å². The Balaban J connectivity index is 0.000000467. The van der Waals surface area contributed by atoms with Crippen molar-refractivity contribution in [2.24, 2.45) is 166 Å². The Kier molecular flexibility index (Phi) is 76.5. The Morgan fingerprint density at radius 3 is 0.683 bits per heavy atom. The number of hydrogen-bond donors (Lipinski definition) is 0. The van der Waals surface area contributed by atoms with Crippen LogP contribution < -0.4 is 0 Å². The average molecular weight is 1770 g/mol. The van der Waals surface area contributed by atoms with Gasteiger partial charge in [0.15, 0.2) is 0 Å². The molecule has 3 atom stereocenters. The van der Waals surface area contributed by atoms with Crippen molar-refractivity contribution in [3.8, 4) is 0 Å². The highest BCUT2D eigenvalue weighted by molar-refractivity contribution is 4.90. The molecular formula is C126H250. The fraction of sp³-hybridized carbons (Fsp3) is 1.00. The van der Waals surface area contributed by atoms with E-state index in [-0.39, 0.29) is 0 Å². The Morgan fingerprint density at radius 1 is 0.175 bits per heavy atom. The van der Waals surface area contributed by atoms with E-state index in [2.05, 4.69) is 180 Å². The molecule has 13 saturated carbocycles. The molecule has 0 heteroatoms. The van der Waals surface area contributed by atoms with Crippen molar-refractivity contribution in [2.75, 3.05) is 0 Å². The molecule has 0 aromatic heterocycles. The summed E-state index contributed by atoms with van der Waals surface area (Å²) in [6, 6.07) is 0. The highest BCUT2D eigenvalue weighted by atomic mass is 14.4. The van der Waals surface area contributed by atoms with E-state index >= 15 is 0 Å². The fourth-order valence-corrected chi connectivity index (χ4v) is 25.6. The fourth-order valence-electron chi connectivity index (χ4n) is 25.6. The first-order valence-electron chi connectivity index (χ1n) is 60.2. The summed E-state index contributed by atoms with van der Waals surface area (Å²) < 4.78 is 0. The molecule has 754 valence electrons. The van der Waals surface area contributed by atoms with Gasteiger partial charge in [-0.05, 0) is 223 Å². The second kappa shape index (κ2) is 79.0. The predicted octanol–water partition coefficient (Wildman–Crippen LogP) is 44.9. The van der Waals surface area contributed by atoms with Crippen molar-refractivity contribution in [3.05, 3.63) is 0 Å². The lowest BCUT2D eigenvalue weighted by molar-refractivity contribution is 0.256. The number of hydrogen-bond acceptors (Lipinski definition) is 0. The van der Waals surface area contributed by atoms with E-state index in [1.54, 1.807) is 25.7 Å². The molecule has 13 aliphatic carbocycles. The summed E-state index contributed by atoms with van der Waals surface area (Å²) in [6.07, 6.45) is 108. The third kappa shape index (κ3) is 71.5. The summed E-state index contributed by atoms with van der Waals surface area (Å²) in [6.45, 7) is 61.0. The first-order valence-corrected chi connectivity index (χ1v) is 60.2. The van der Waals surface area contributed by atoms with E-state index in [9.17, 15) is 0 Å². The summed E-state index contributed by atoms with van der Waals surface area (Å²) >= 11 is 0. The Bertz CT molecular complexity index is 2180. The molecule has 0 nitrogen and oxygen atoms in total. The maximum absolute atomic E-state index is 2.40. The first-order chi connectivity index (χ1) is 60.2. The van der Waals surface area contributed by atoms with Crippen molar-refractivity contribution in [1.29, 1.82) is 0 Å². The number of rotatable bonds is 30. The van der Waals surface area contributed by atoms with E-state index in [1.165, 1.54) is 437 Å². The van der Waals surface area contributed by atoms with Crippen molar-refractivity contribution in [2.45, 2.75) is 642 Å². The lowest BCUT2D eigenvalue weighted by Crippen LogP contribution is -2.13. The van der Waals surface area contributed by atoms with Gasteiger partial charge in [-0.15, -0.1) is 0 Å². The van der Waals surface area contributed by atoms with Crippen molar-refractivity contribution < 1.29 is 0 Å². The molecule has 3 unspecified atom stereocenters. The summed E-state index contributed by atoms with van der Waals surface area (Å²) in [7, 11) is 0. The first kappa shape index (κ1) is 122. The van der Waals surface area contributed by atoms with Crippen LogP contribution in [0, 0.1) is 166 Å². The number of unbranched alkanes of at least 4 members (excludes halogenated alkanes) is 1. The molecule has 0 spiro atoms. The molecule has 2 bridgehead atoms. The molecule has 126 heavy (non-hydrogen) atoms.